The number of aromatic nitrogens is 1. The molecule has 1 fully saturated rings. The van der Waals surface area contributed by atoms with Gasteiger partial charge in [-0.15, -0.1) is 0 Å². The molecule has 2 aromatic rings. The standard InChI is InChI=1S/C17H17FN2O4/c1-9-15(10(2)24-19-9)16(21)20-7-13(14(8-20)17(22)23)11-3-5-12(18)6-4-11/h3-6,13-14H,7-8H2,1-2H3,(H,22,23)/t13-,14+/m0/s1. The summed E-state index contributed by atoms with van der Waals surface area (Å²) >= 11 is 0. The number of nitrogens with zero attached hydrogens (tertiary/aromatic N) is 2. The number of likely N-dealkylation sites (tertiary alicyclic amines) is 1. The third-order valence-corrected chi connectivity index (χ3v) is 4.47. The summed E-state index contributed by atoms with van der Waals surface area (Å²) in [6.07, 6.45) is 0. The van der Waals surface area contributed by atoms with E-state index >= 15 is 0 Å². The van der Waals surface area contributed by atoms with Crippen molar-refractivity contribution in [2.24, 2.45) is 5.92 Å². The van der Waals surface area contributed by atoms with E-state index in [1.807, 2.05) is 0 Å². The average molecular weight is 332 g/mol. The van der Waals surface area contributed by atoms with Gasteiger partial charge in [0.2, 0.25) is 0 Å². The molecule has 1 aliphatic rings. The fourth-order valence-corrected chi connectivity index (χ4v) is 3.21. The third-order valence-electron chi connectivity index (χ3n) is 4.47. The smallest absolute Gasteiger partial charge is 0.308 e. The number of carbonyl (C=O) groups excluding carboxylic acids is 1. The summed E-state index contributed by atoms with van der Waals surface area (Å²) in [7, 11) is 0. The number of benzene rings is 1. The molecule has 3 rings (SSSR count). The molecule has 7 heteroatoms. The molecule has 6 nitrogen and oxygen atoms in total. The summed E-state index contributed by atoms with van der Waals surface area (Å²) in [4.78, 5) is 25.8. The number of hydrogen-bond acceptors (Lipinski definition) is 4. The Balaban J connectivity index is 1.89. The van der Waals surface area contributed by atoms with Gasteiger partial charge in [-0.25, -0.2) is 4.39 Å². The van der Waals surface area contributed by atoms with Crippen molar-refractivity contribution < 1.29 is 23.6 Å². The predicted octanol–water partition coefficient (Wildman–Crippen LogP) is 2.37. The number of aryl methyl sites for hydroxylation is 2. The van der Waals surface area contributed by atoms with Crippen molar-refractivity contribution in [3.05, 3.63) is 52.7 Å². The van der Waals surface area contributed by atoms with Gasteiger partial charge in [0.1, 0.15) is 17.1 Å². The summed E-state index contributed by atoms with van der Waals surface area (Å²) in [6.45, 7) is 3.67. The van der Waals surface area contributed by atoms with Crippen LogP contribution < -0.4 is 0 Å². The van der Waals surface area contributed by atoms with Crippen LogP contribution in [0.2, 0.25) is 0 Å². The molecule has 126 valence electrons. The van der Waals surface area contributed by atoms with Gasteiger partial charge in [-0.05, 0) is 31.5 Å². The van der Waals surface area contributed by atoms with Crippen molar-refractivity contribution >= 4 is 11.9 Å². The molecule has 1 N–H and O–H groups in total. The van der Waals surface area contributed by atoms with Crippen molar-refractivity contribution in [1.29, 1.82) is 0 Å². The van der Waals surface area contributed by atoms with Crippen molar-refractivity contribution in [2.75, 3.05) is 13.1 Å². The van der Waals surface area contributed by atoms with Crippen LogP contribution in [0.4, 0.5) is 4.39 Å². The largest absolute Gasteiger partial charge is 0.481 e. The molecule has 1 aliphatic heterocycles. The van der Waals surface area contributed by atoms with Crippen LogP contribution in [0.5, 0.6) is 0 Å². The SMILES string of the molecule is Cc1noc(C)c1C(=O)N1C[C@@H](C(=O)O)[C@H](c2ccc(F)cc2)C1. The number of carboxylic acids is 1. The van der Waals surface area contributed by atoms with Gasteiger partial charge in [0, 0.05) is 19.0 Å². The van der Waals surface area contributed by atoms with Gasteiger partial charge >= 0.3 is 5.97 Å². The maximum Gasteiger partial charge on any atom is 0.308 e. The zero-order chi connectivity index (χ0) is 17.4. The van der Waals surface area contributed by atoms with E-state index in [1.54, 1.807) is 26.0 Å². The number of hydrogen-bond donors (Lipinski definition) is 1. The Labute approximate surface area is 137 Å². The fraction of sp³-hybridized carbons (Fsp3) is 0.353. The molecule has 0 unspecified atom stereocenters. The van der Waals surface area contributed by atoms with E-state index in [2.05, 4.69) is 5.16 Å². The van der Waals surface area contributed by atoms with E-state index in [0.717, 1.165) is 0 Å². The van der Waals surface area contributed by atoms with Gasteiger partial charge in [-0.3, -0.25) is 9.59 Å². The number of rotatable bonds is 3. The van der Waals surface area contributed by atoms with Crippen LogP contribution in [0.15, 0.2) is 28.8 Å². The monoisotopic (exact) mass is 332 g/mol. The molecule has 1 amide bonds. The van der Waals surface area contributed by atoms with E-state index < -0.39 is 11.9 Å². The number of halogens is 1. The van der Waals surface area contributed by atoms with Crippen LogP contribution >= 0.6 is 0 Å². The molecule has 0 aliphatic carbocycles. The van der Waals surface area contributed by atoms with Crippen LogP contribution in [0.3, 0.4) is 0 Å². The van der Waals surface area contributed by atoms with Gasteiger partial charge < -0.3 is 14.5 Å². The van der Waals surface area contributed by atoms with Crippen molar-refractivity contribution in [3.8, 4) is 0 Å². The van der Waals surface area contributed by atoms with Crippen molar-refractivity contribution in [2.45, 2.75) is 19.8 Å². The Bertz CT molecular complexity index is 765. The zero-order valence-electron chi connectivity index (χ0n) is 13.3. The quantitative estimate of drug-likeness (QED) is 0.933. The number of aliphatic carboxylic acids is 1. The molecule has 1 aromatic carbocycles. The van der Waals surface area contributed by atoms with Crippen LogP contribution in [-0.4, -0.2) is 40.1 Å². The number of carboxylic acid groups (broad SMARTS) is 1. The second-order valence-electron chi connectivity index (χ2n) is 6.01. The maximum atomic E-state index is 13.1. The Morgan fingerprint density at radius 3 is 2.46 bits per heavy atom. The highest BCUT2D eigenvalue weighted by molar-refractivity contribution is 5.96. The van der Waals surface area contributed by atoms with Gasteiger partial charge in [-0.2, -0.15) is 0 Å². The first-order valence-electron chi connectivity index (χ1n) is 7.59. The summed E-state index contributed by atoms with van der Waals surface area (Å²) in [5, 5.41) is 13.3. The number of carbonyl (C=O) groups is 2. The molecule has 0 radical (unpaired) electrons. The van der Waals surface area contributed by atoms with Crippen LogP contribution in [0, 0.1) is 25.6 Å². The van der Waals surface area contributed by atoms with Gasteiger partial charge in [-0.1, -0.05) is 17.3 Å². The van der Waals surface area contributed by atoms with E-state index in [0.29, 0.717) is 22.6 Å². The Hall–Kier alpha value is -2.70. The first-order valence-corrected chi connectivity index (χ1v) is 7.59. The van der Waals surface area contributed by atoms with Crippen LogP contribution in [0.25, 0.3) is 0 Å². The number of amides is 1. The van der Waals surface area contributed by atoms with Crippen LogP contribution in [0.1, 0.15) is 33.3 Å². The summed E-state index contributed by atoms with van der Waals surface area (Å²) in [5.74, 6) is -2.35. The molecule has 1 saturated heterocycles. The molecule has 1 aromatic heterocycles. The minimum atomic E-state index is -0.974. The van der Waals surface area contributed by atoms with E-state index in [9.17, 15) is 19.1 Å². The zero-order valence-corrected chi connectivity index (χ0v) is 13.3. The highest BCUT2D eigenvalue weighted by atomic mass is 19.1. The lowest BCUT2D eigenvalue weighted by Gasteiger charge is -2.16. The lowest BCUT2D eigenvalue weighted by Crippen LogP contribution is -2.30. The molecule has 0 saturated carbocycles. The lowest BCUT2D eigenvalue weighted by atomic mass is 9.89. The Morgan fingerprint density at radius 2 is 1.92 bits per heavy atom. The molecule has 24 heavy (non-hydrogen) atoms. The summed E-state index contributed by atoms with van der Waals surface area (Å²) in [5.41, 5.74) is 1.56. The normalized spacial score (nSPS) is 20.4. The van der Waals surface area contributed by atoms with Crippen LogP contribution in [-0.2, 0) is 4.79 Å². The third kappa shape index (κ3) is 2.77. The van der Waals surface area contributed by atoms with Gasteiger partial charge in [0.15, 0.2) is 0 Å². The molecular formula is C17H17FN2O4. The van der Waals surface area contributed by atoms with Crippen molar-refractivity contribution in [3.63, 3.8) is 0 Å². The van der Waals surface area contributed by atoms with E-state index in [4.69, 9.17) is 4.52 Å². The molecule has 2 atom stereocenters. The Kier molecular flexibility index (Phi) is 4.09. The molecule has 0 bridgehead atoms. The van der Waals surface area contributed by atoms with E-state index in [-0.39, 0.29) is 30.7 Å². The highest BCUT2D eigenvalue weighted by Gasteiger charge is 2.41. The summed E-state index contributed by atoms with van der Waals surface area (Å²) < 4.78 is 18.1. The van der Waals surface area contributed by atoms with Crippen molar-refractivity contribution in [1.82, 2.24) is 10.1 Å². The highest BCUT2D eigenvalue weighted by Crippen LogP contribution is 2.34. The summed E-state index contributed by atoms with van der Waals surface area (Å²) in [6, 6.07) is 5.74. The first kappa shape index (κ1) is 16.2. The molecule has 0 spiro atoms. The minimum Gasteiger partial charge on any atom is -0.481 e. The van der Waals surface area contributed by atoms with Gasteiger partial charge in [0.25, 0.3) is 5.91 Å². The predicted molar refractivity (Wildman–Crippen MR) is 82.1 cm³/mol. The molecule has 2 heterocycles. The molecular weight excluding hydrogens is 315 g/mol. The topological polar surface area (TPSA) is 83.6 Å². The first-order chi connectivity index (χ1) is 11.4. The second-order valence-corrected chi connectivity index (χ2v) is 6.01. The minimum absolute atomic E-state index is 0.0975. The Morgan fingerprint density at radius 1 is 1.25 bits per heavy atom. The average Bonchev–Trinajstić information content (AvgIpc) is 3.12. The fourth-order valence-electron chi connectivity index (χ4n) is 3.21. The van der Waals surface area contributed by atoms with E-state index in [1.165, 1.54) is 17.0 Å². The van der Waals surface area contributed by atoms with Gasteiger partial charge in [0.05, 0.1) is 11.6 Å². The maximum absolute atomic E-state index is 13.1. The second kappa shape index (κ2) is 6.07. The lowest BCUT2D eigenvalue weighted by molar-refractivity contribution is -0.141.